The predicted molar refractivity (Wildman–Crippen MR) is 111 cm³/mol. The molecule has 1 N–H and O–H groups in total. The molecule has 2 aliphatic heterocycles. The Kier molecular flexibility index (Phi) is 5.69. The molecule has 0 bridgehead atoms. The van der Waals surface area contributed by atoms with Gasteiger partial charge in [-0.1, -0.05) is 29.8 Å². The maximum atomic E-state index is 13.0. The smallest absolute Gasteiger partial charge is 0.227 e. The fraction of sp³-hybridized carbons (Fsp3) is 0.522. The number of nitrogens with one attached hydrogen (secondary N) is 1. The lowest BCUT2D eigenvalue weighted by Gasteiger charge is -2.48. The average Bonchev–Trinajstić information content (AvgIpc) is 3.23. The summed E-state index contributed by atoms with van der Waals surface area (Å²) in [5, 5.41) is 0. The lowest BCUT2D eigenvalue weighted by molar-refractivity contribution is -0.142. The van der Waals surface area contributed by atoms with Gasteiger partial charge in [0.1, 0.15) is 0 Å². The summed E-state index contributed by atoms with van der Waals surface area (Å²) in [5.41, 5.74) is 3.36. The van der Waals surface area contributed by atoms with E-state index in [4.69, 9.17) is 0 Å². The number of benzene rings is 1. The minimum absolute atomic E-state index is 0.0441. The van der Waals surface area contributed by atoms with Gasteiger partial charge in [0, 0.05) is 56.3 Å². The van der Waals surface area contributed by atoms with E-state index in [0.717, 1.165) is 56.6 Å². The fourth-order valence-electron chi connectivity index (χ4n) is 4.85. The monoisotopic (exact) mass is 394 g/mol. The first kappa shape index (κ1) is 19.7. The van der Waals surface area contributed by atoms with E-state index in [1.54, 1.807) is 6.33 Å². The van der Waals surface area contributed by atoms with Crippen molar-refractivity contribution in [1.29, 1.82) is 0 Å². The van der Waals surface area contributed by atoms with Gasteiger partial charge in [0.05, 0.1) is 12.7 Å². The molecule has 2 aromatic rings. The third-order valence-corrected chi connectivity index (χ3v) is 6.41. The van der Waals surface area contributed by atoms with Crippen molar-refractivity contribution in [3.05, 3.63) is 53.6 Å². The van der Waals surface area contributed by atoms with Gasteiger partial charge in [0.2, 0.25) is 11.8 Å². The molecule has 4 rings (SSSR count). The zero-order valence-corrected chi connectivity index (χ0v) is 17.2. The quantitative estimate of drug-likeness (QED) is 0.848. The number of amides is 2. The van der Waals surface area contributed by atoms with Crippen LogP contribution in [0.1, 0.15) is 42.5 Å². The number of hydrogen-bond acceptors (Lipinski definition) is 3. The van der Waals surface area contributed by atoms with Crippen molar-refractivity contribution < 1.29 is 9.59 Å². The Morgan fingerprint density at radius 2 is 2.17 bits per heavy atom. The summed E-state index contributed by atoms with van der Waals surface area (Å²) in [6.07, 6.45) is 8.32. The van der Waals surface area contributed by atoms with Crippen LogP contribution in [-0.2, 0) is 22.4 Å². The van der Waals surface area contributed by atoms with Gasteiger partial charge in [-0.2, -0.15) is 0 Å². The lowest BCUT2D eigenvalue weighted by Crippen LogP contribution is -2.55. The molecule has 2 saturated heterocycles. The van der Waals surface area contributed by atoms with Gasteiger partial charge in [-0.25, -0.2) is 4.98 Å². The number of rotatable bonds is 5. The van der Waals surface area contributed by atoms with Crippen molar-refractivity contribution in [2.75, 3.05) is 26.2 Å². The van der Waals surface area contributed by atoms with Crippen LogP contribution in [0.5, 0.6) is 0 Å². The third-order valence-electron chi connectivity index (χ3n) is 6.41. The van der Waals surface area contributed by atoms with Gasteiger partial charge in [0.25, 0.3) is 0 Å². The highest BCUT2D eigenvalue weighted by molar-refractivity contribution is 5.79. The normalized spacial score (nSPS) is 22.3. The molecule has 6 heteroatoms. The molecule has 29 heavy (non-hydrogen) atoms. The van der Waals surface area contributed by atoms with Crippen LogP contribution < -0.4 is 0 Å². The number of imidazole rings is 1. The molecule has 1 unspecified atom stereocenters. The summed E-state index contributed by atoms with van der Waals surface area (Å²) in [6.45, 7) is 5.12. The summed E-state index contributed by atoms with van der Waals surface area (Å²) < 4.78 is 0. The second-order valence-electron chi connectivity index (χ2n) is 8.73. The molecule has 1 spiro atoms. The van der Waals surface area contributed by atoms with Crippen LogP contribution >= 0.6 is 0 Å². The second kappa shape index (κ2) is 8.39. The highest BCUT2D eigenvalue weighted by Gasteiger charge is 2.42. The predicted octanol–water partition coefficient (Wildman–Crippen LogP) is 2.73. The molecular formula is C23H30N4O2. The summed E-state index contributed by atoms with van der Waals surface area (Å²) in [4.78, 5) is 36.7. The second-order valence-corrected chi connectivity index (χ2v) is 8.73. The van der Waals surface area contributed by atoms with E-state index < -0.39 is 0 Å². The number of aromatic nitrogens is 2. The van der Waals surface area contributed by atoms with Crippen molar-refractivity contribution in [3.63, 3.8) is 0 Å². The molecule has 154 valence electrons. The SMILES string of the molecule is Cc1cccc(CC(=O)N2CCCC3(CCC(=O)N(CCc4cnc[nH]4)C3)C2)c1. The van der Waals surface area contributed by atoms with Crippen LogP contribution in [-0.4, -0.2) is 57.8 Å². The number of nitrogens with zero attached hydrogens (tertiary/aromatic N) is 3. The highest BCUT2D eigenvalue weighted by Crippen LogP contribution is 2.39. The van der Waals surface area contributed by atoms with E-state index >= 15 is 0 Å². The highest BCUT2D eigenvalue weighted by atomic mass is 16.2. The topological polar surface area (TPSA) is 69.3 Å². The van der Waals surface area contributed by atoms with Crippen LogP contribution in [0, 0.1) is 12.3 Å². The van der Waals surface area contributed by atoms with Crippen molar-refractivity contribution in [2.24, 2.45) is 5.41 Å². The van der Waals surface area contributed by atoms with Crippen LogP contribution in [0.25, 0.3) is 0 Å². The molecular weight excluding hydrogens is 364 g/mol. The summed E-state index contributed by atoms with van der Waals surface area (Å²) in [7, 11) is 0. The van der Waals surface area contributed by atoms with Gasteiger partial charge in [0.15, 0.2) is 0 Å². The van der Waals surface area contributed by atoms with Crippen molar-refractivity contribution >= 4 is 11.8 Å². The van der Waals surface area contributed by atoms with Gasteiger partial charge >= 0.3 is 0 Å². The van der Waals surface area contributed by atoms with Gasteiger partial charge in [-0.05, 0) is 31.7 Å². The Morgan fingerprint density at radius 3 is 2.97 bits per heavy atom. The third kappa shape index (κ3) is 4.69. The van der Waals surface area contributed by atoms with E-state index in [1.807, 2.05) is 28.1 Å². The molecule has 0 aliphatic carbocycles. The first-order valence-corrected chi connectivity index (χ1v) is 10.6. The maximum absolute atomic E-state index is 13.0. The Balaban J connectivity index is 1.39. The van der Waals surface area contributed by atoms with E-state index in [0.29, 0.717) is 19.4 Å². The number of aryl methyl sites for hydroxylation is 1. The van der Waals surface area contributed by atoms with Crippen LogP contribution in [0.3, 0.4) is 0 Å². The zero-order chi connectivity index (χ0) is 20.3. The van der Waals surface area contributed by atoms with Crippen molar-refractivity contribution in [3.8, 4) is 0 Å². The van der Waals surface area contributed by atoms with Gasteiger partial charge in [-0.15, -0.1) is 0 Å². The number of piperidine rings is 2. The molecule has 2 fully saturated rings. The number of carbonyl (C=O) groups excluding carboxylic acids is 2. The van der Waals surface area contributed by atoms with Gasteiger partial charge in [-0.3, -0.25) is 9.59 Å². The average molecular weight is 395 g/mol. The van der Waals surface area contributed by atoms with Crippen molar-refractivity contribution in [2.45, 2.75) is 45.4 Å². The molecule has 6 nitrogen and oxygen atoms in total. The minimum atomic E-state index is 0.0441. The minimum Gasteiger partial charge on any atom is -0.348 e. The maximum Gasteiger partial charge on any atom is 0.227 e. The number of hydrogen-bond donors (Lipinski definition) is 1. The Hall–Kier alpha value is -2.63. The Bertz CT molecular complexity index is 864. The van der Waals surface area contributed by atoms with Crippen LogP contribution in [0.15, 0.2) is 36.8 Å². The first-order chi connectivity index (χ1) is 14.0. The molecule has 1 aromatic heterocycles. The number of carbonyl (C=O) groups is 2. The molecule has 0 radical (unpaired) electrons. The van der Waals surface area contributed by atoms with Crippen molar-refractivity contribution in [1.82, 2.24) is 19.8 Å². The van der Waals surface area contributed by atoms with E-state index in [1.165, 1.54) is 5.56 Å². The molecule has 1 atom stereocenters. The van der Waals surface area contributed by atoms with E-state index in [2.05, 4.69) is 29.0 Å². The number of aromatic amines is 1. The largest absolute Gasteiger partial charge is 0.348 e. The molecule has 2 aliphatic rings. The summed E-state index contributed by atoms with van der Waals surface area (Å²) in [5.74, 6) is 0.439. The number of likely N-dealkylation sites (tertiary alicyclic amines) is 2. The first-order valence-electron chi connectivity index (χ1n) is 10.6. The summed E-state index contributed by atoms with van der Waals surface area (Å²) in [6, 6.07) is 8.19. The van der Waals surface area contributed by atoms with Crippen LogP contribution in [0.4, 0.5) is 0 Å². The van der Waals surface area contributed by atoms with E-state index in [9.17, 15) is 9.59 Å². The fourth-order valence-corrected chi connectivity index (χ4v) is 4.85. The standard InChI is InChI=1S/C23H30N4O2/c1-18-4-2-5-19(12-18)13-22(29)26-10-3-8-23(15-26)9-6-21(28)27(16-23)11-7-20-14-24-17-25-20/h2,4-5,12,14,17H,3,6-11,13,15-16H2,1H3,(H,24,25). The molecule has 3 heterocycles. The van der Waals surface area contributed by atoms with Crippen LogP contribution in [0.2, 0.25) is 0 Å². The number of H-pyrrole nitrogens is 1. The molecule has 0 saturated carbocycles. The van der Waals surface area contributed by atoms with E-state index in [-0.39, 0.29) is 17.2 Å². The zero-order valence-electron chi connectivity index (χ0n) is 17.2. The molecule has 1 aromatic carbocycles. The Labute approximate surface area is 172 Å². The molecule has 2 amide bonds. The Morgan fingerprint density at radius 1 is 1.28 bits per heavy atom. The lowest BCUT2D eigenvalue weighted by atomic mass is 9.73. The van der Waals surface area contributed by atoms with Gasteiger partial charge < -0.3 is 14.8 Å². The summed E-state index contributed by atoms with van der Waals surface area (Å²) >= 11 is 0.